The molecule has 1 unspecified atom stereocenters. The van der Waals surface area contributed by atoms with Gasteiger partial charge in [-0.3, -0.25) is 4.90 Å². The maximum atomic E-state index is 9.86. The summed E-state index contributed by atoms with van der Waals surface area (Å²) in [4.78, 5) is 2.02. The first-order valence-corrected chi connectivity index (χ1v) is 8.00. The molecule has 1 aromatic heterocycles. The molecule has 0 amide bonds. The summed E-state index contributed by atoms with van der Waals surface area (Å²) < 4.78 is 6.89. The molecule has 7 nitrogen and oxygen atoms in total. The van der Waals surface area contributed by atoms with Crippen molar-refractivity contribution < 1.29 is 9.84 Å². The second kappa shape index (κ2) is 7.87. The summed E-state index contributed by atoms with van der Waals surface area (Å²) in [7, 11) is 3.57. The third-order valence-corrected chi connectivity index (χ3v) is 4.13. The normalized spacial score (nSPS) is 12.3. The van der Waals surface area contributed by atoms with Gasteiger partial charge in [0, 0.05) is 0 Å². The Hall–Kier alpha value is -2.77. The van der Waals surface area contributed by atoms with Gasteiger partial charge in [-0.15, -0.1) is 5.10 Å². The van der Waals surface area contributed by atoms with Crippen LogP contribution in [0.25, 0.3) is 5.69 Å². The molecule has 0 bridgehead atoms. The highest BCUT2D eigenvalue weighted by Gasteiger charge is 2.19. The smallest absolute Gasteiger partial charge is 0.170 e. The van der Waals surface area contributed by atoms with Crippen LogP contribution in [0.3, 0.4) is 0 Å². The van der Waals surface area contributed by atoms with E-state index in [2.05, 4.69) is 15.5 Å². The van der Waals surface area contributed by atoms with Crippen LogP contribution < -0.4 is 4.74 Å². The highest BCUT2D eigenvalue weighted by atomic mass is 16.5. The standard InChI is InChI=1S/C18H21N5O2/c1-22(17(13-24)14-8-10-16(25-2)11-9-14)12-18-19-20-21-23(18)15-6-4-3-5-7-15/h3-11,17,24H,12-13H2,1-2H3. The molecule has 0 aliphatic rings. The first-order chi connectivity index (χ1) is 12.2. The van der Waals surface area contributed by atoms with Crippen molar-refractivity contribution in [1.82, 2.24) is 25.1 Å². The van der Waals surface area contributed by atoms with Crippen LogP contribution in [0.5, 0.6) is 5.75 Å². The number of likely N-dealkylation sites (N-methyl/N-ethyl adjacent to an activating group) is 1. The number of tetrazole rings is 1. The molecule has 130 valence electrons. The second-order valence-corrected chi connectivity index (χ2v) is 5.73. The Bertz CT molecular complexity index is 789. The van der Waals surface area contributed by atoms with Crippen molar-refractivity contribution in [3.8, 4) is 11.4 Å². The van der Waals surface area contributed by atoms with Crippen molar-refractivity contribution in [2.45, 2.75) is 12.6 Å². The molecule has 0 fully saturated rings. The number of benzene rings is 2. The lowest BCUT2D eigenvalue weighted by molar-refractivity contribution is 0.139. The van der Waals surface area contributed by atoms with E-state index in [1.165, 1.54) is 0 Å². The van der Waals surface area contributed by atoms with E-state index >= 15 is 0 Å². The summed E-state index contributed by atoms with van der Waals surface area (Å²) in [5.74, 6) is 1.50. The van der Waals surface area contributed by atoms with Crippen LogP contribution in [-0.2, 0) is 6.54 Å². The monoisotopic (exact) mass is 339 g/mol. The molecule has 0 saturated heterocycles. The van der Waals surface area contributed by atoms with Gasteiger partial charge in [0.05, 0.1) is 32.0 Å². The number of aliphatic hydroxyl groups excluding tert-OH is 1. The zero-order valence-electron chi connectivity index (χ0n) is 14.3. The van der Waals surface area contributed by atoms with E-state index in [9.17, 15) is 5.11 Å². The van der Waals surface area contributed by atoms with E-state index in [4.69, 9.17) is 4.74 Å². The Morgan fingerprint density at radius 3 is 2.48 bits per heavy atom. The van der Waals surface area contributed by atoms with Crippen LogP contribution in [-0.4, -0.2) is 51.0 Å². The number of hydrogen-bond donors (Lipinski definition) is 1. The average molecular weight is 339 g/mol. The van der Waals surface area contributed by atoms with Gasteiger partial charge in [0.1, 0.15) is 5.75 Å². The van der Waals surface area contributed by atoms with Crippen molar-refractivity contribution in [2.24, 2.45) is 0 Å². The van der Waals surface area contributed by atoms with Gasteiger partial charge < -0.3 is 9.84 Å². The number of rotatable bonds is 7. The van der Waals surface area contributed by atoms with Crippen molar-refractivity contribution in [1.29, 1.82) is 0 Å². The Labute approximate surface area is 146 Å². The summed E-state index contributed by atoms with van der Waals surface area (Å²) in [5, 5.41) is 21.8. The van der Waals surface area contributed by atoms with Gasteiger partial charge >= 0.3 is 0 Å². The molecule has 25 heavy (non-hydrogen) atoms. The summed E-state index contributed by atoms with van der Waals surface area (Å²) in [6.07, 6.45) is 0. The predicted octanol–water partition coefficient (Wildman–Crippen LogP) is 1.84. The summed E-state index contributed by atoms with van der Waals surface area (Å²) in [6, 6.07) is 17.3. The largest absolute Gasteiger partial charge is 0.497 e. The third-order valence-electron chi connectivity index (χ3n) is 4.13. The first-order valence-electron chi connectivity index (χ1n) is 8.00. The predicted molar refractivity (Wildman–Crippen MR) is 93.4 cm³/mol. The van der Waals surface area contributed by atoms with E-state index in [0.29, 0.717) is 12.4 Å². The summed E-state index contributed by atoms with van der Waals surface area (Å²) in [5.41, 5.74) is 1.91. The molecule has 3 aromatic rings. The molecule has 7 heteroatoms. The number of para-hydroxylation sites is 1. The number of ether oxygens (including phenoxy) is 1. The van der Waals surface area contributed by atoms with E-state index in [-0.39, 0.29) is 12.6 Å². The highest BCUT2D eigenvalue weighted by Crippen LogP contribution is 2.23. The Morgan fingerprint density at radius 2 is 1.84 bits per heavy atom. The minimum Gasteiger partial charge on any atom is -0.497 e. The molecule has 1 N–H and O–H groups in total. The van der Waals surface area contributed by atoms with Crippen molar-refractivity contribution in [2.75, 3.05) is 20.8 Å². The van der Waals surface area contributed by atoms with Crippen LogP contribution in [0.1, 0.15) is 17.4 Å². The third kappa shape index (κ3) is 3.84. The molecule has 1 heterocycles. The number of hydrogen-bond acceptors (Lipinski definition) is 6. The molecular weight excluding hydrogens is 318 g/mol. The molecular formula is C18H21N5O2. The van der Waals surface area contributed by atoms with Gasteiger partial charge in [-0.2, -0.15) is 4.68 Å². The Kier molecular flexibility index (Phi) is 5.37. The summed E-state index contributed by atoms with van der Waals surface area (Å²) >= 11 is 0. The fraction of sp³-hybridized carbons (Fsp3) is 0.278. The van der Waals surface area contributed by atoms with Gasteiger partial charge in [0.2, 0.25) is 0 Å². The quantitative estimate of drug-likeness (QED) is 0.708. The van der Waals surface area contributed by atoms with Crippen molar-refractivity contribution in [3.05, 3.63) is 66.0 Å². The van der Waals surface area contributed by atoms with Crippen LogP contribution in [0.15, 0.2) is 54.6 Å². The molecule has 3 rings (SSSR count). The Morgan fingerprint density at radius 1 is 1.12 bits per heavy atom. The number of aromatic nitrogens is 4. The minimum atomic E-state index is -0.160. The van der Waals surface area contributed by atoms with Gasteiger partial charge in [-0.05, 0) is 47.3 Å². The van der Waals surface area contributed by atoms with Crippen LogP contribution in [0.4, 0.5) is 0 Å². The fourth-order valence-corrected chi connectivity index (χ4v) is 2.73. The van der Waals surface area contributed by atoms with Gasteiger partial charge in [-0.1, -0.05) is 30.3 Å². The van der Waals surface area contributed by atoms with E-state index in [1.54, 1.807) is 11.8 Å². The number of methoxy groups -OCH3 is 1. The van der Waals surface area contributed by atoms with Gasteiger partial charge in [0.25, 0.3) is 0 Å². The van der Waals surface area contributed by atoms with E-state index in [1.807, 2.05) is 66.5 Å². The SMILES string of the molecule is COc1ccc(C(CO)N(C)Cc2nnnn2-c2ccccc2)cc1. The molecule has 0 aliphatic heterocycles. The van der Waals surface area contributed by atoms with Crippen molar-refractivity contribution in [3.63, 3.8) is 0 Å². The molecule has 2 aromatic carbocycles. The van der Waals surface area contributed by atoms with Crippen LogP contribution >= 0.6 is 0 Å². The average Bonchev–Trinajstić information content (AvgIpc) is 3.11. The molecule has 0 radical (unpaired) electrons. The topological polar surface area (TPSA) is 76.3 Å². The minimum absolute atomic E-state index is 0.00423. The fourth-order valence-electron chi connectivity index (χ4n) is 2.73. The number of nitrogens with zero attached hydrogens (tertiary/aromatic N) is 5. The second-order valence-electron chi connectivity index (χ2n) is 5.73. The van der Waals surface area contributed by atoms with Crippen LogP contribution in [0.2, 0.25) is 0 Å². The lowest BCUT2D eigenvalue weighted by Crippen LogP contribution is -2.28. The zero-order valence-corrected chi connectivity index (χ0v) is 14.3. The van der Waals surface area contributed by atoms with Gasteiger partial charge in [0.15, 0.2) is 5.82 Å². The molecule has 1 atom stereocenters. The van der Waals surface area contributed by atoms with Gasteiger partial charge in [-0.25, -0.2) is 0 Å². The molecule has 0 spiro atoms. The maximum Gasteiger partial charge on any atom is 0.170 e. The molecule has 0 aliphatic carbocycles. The van der Waals surface area contributed by atoms with E-state index < -0.39 is 0 Å². The highest BCUT2D eigenvalue weighted by molar-refractivity contribution is 5.31. The maximum absolute atomic E-state index is 9.86. The first kappa shape index (κ1) is 17.1. The zero-order chi connectivity index (χ0) is 17.6. The Balaban J connectivity index is 1.79. The van der Waals surface area contributed by atoms with Crippen LogP contribution in [0, 0.1) is 0 Å². The lowest BCUT2D eigenvalue weighted by Gasteiger charge is -2.26. The van der Waals surface area contributed by atoms with Crippen molar-refractivity contribution >= 4 is 0 Å². The molecule has 0 saturated carbocycles. The number of aliphatic hydroxyl groups is 1. The lowest BCUT2D eigenvalue weighted by atomic mass is 10.1. The summed E-state index contributed by atoms with van der Waals surface area (Å²) in [6.45, 7) is 0.495. The van der Waals surface area contributed by atoms with E-state index in [0.717, 1.165) is 17.0 Å².